The third kappa shape index (κ3) is 1.08. The minimum absolute atomic E-state index is 0.0839. The highest BCUT2D eigenvalue weighted by atomic mass is 16.3. The van der Waals surface area contributed by atoms with Crippen molar-refractivity contribution in [2.24, 2.45) is 22.7 Å². The predicted molar refractivity (Wildman–Crippen MR) is 58.7 cm³/mol. The monoisotopic (exact) mass is 224 g/mol. The summed E-state index contributed by atoms with van der Waals surface area (Å²) in [5, 5.41) is 19.3. The fourth-order valence-electron chi connectivity index (χ4n) is 5.08. The van der Waals surface area contributed by atoms with Gasteiger partial charge in [0, 0.05) is 18.3 Å². The van der Waals surface area contributed by atoms with Gasteiger partial charge in [-0.1, -0.05) is 6.42 Å². The molecule has 0 amide bonds. The van der Waals surface area contributed by atoms with Crippen LogP contribution in [-0.4, -0.2) is 29.2 Å². The first kappa shape index (κ1) is 10.7. The van der Waals surface area contributed by atoms with E-state index in [2.05, 4.69) is 0 Å². The molecule has 3 fully saturated rings. The van der Waals surface area contributed by atoms with Crippen molar-refractivity contribution in [3.63, 3.8) is 0 Å². The topological polar surface area (TPSA) is 57.5 Å². The van der Waals surface area contributed by atoms with Crippen LogP contribution in [0, 0.1) is 22.7 Å². The second-order valence-electron chi connectivity index (χ2n) is 6.18. The Balaban J connectivity index is 2.00. The highest BCUT2D eigenvalue weighted by Gasteiger charge is 2.65. The van der Waals surface area contributed by atoms with Crippen LogP contribution in [-0.2, 0) is 4.79 Å². The lowest BCUT2D eigenvalue weighted by atomic mass is 9.70. The number of carbonyl (C=O) groups is 1. The van der Waals surface area contributed by atoms with E-state index < -0.39 is 0 Å². The molecule has 3 nitrogen and oxygen atoms in total. The molecule has 3 rings (SSSR count). The summed E-state index contributed by atoms with van der Waals surface area (Å²) >= 11 is 0. The van der Waals surface area contributed by atoms with Gasteiger partial charge >= 0.3 is 0 Å². The molecule has 0 radical (unpaired) electrons. The van der Waals surface area contributed by atoms with E-state index in [9.17, 15) is 15.0 Å². The highest BCUT2D eigenvalue weighted by molar-refractivity contribution is 5.82. The first-order chi connectivity index (χ1) is 7.67. The van der Waals surface area contributed by atoms with E-state index >= 15 is 0 Å². The quantitative estimate of drug-likeness (QED) is 0.739. The Morgan fingerprint density at radius 2 is 2.06 bits per heavy atom. The molecule has 0 saturated heterocycles. The molecular weight excluding hydrogens is 204 g/mol. The molecule has 3 saturated carbocycles. The number of rotatable bonds is 2. The van der Waals surface area contributed by atoms with Gasteiger partial charge in [0.25, 0.3) is 0 Å². The molecule has 1 unspecified atom stereocenters. The normalized spacial score (nSPS) is 44.8. The molecule has 0 bridgehead atoms. The van der Waals surface area contributed by atoms with Crippen molar-refractivity contribution in [1.82, 2.24) is 0 Å². The smallest absolute Gasteiger partial charge is 0.133 e. The van der Waals surface area contributed by atoms with Crippen molar-refractivity contribution in [2.45, 2.75) is 38.5 Å². The zero-order chi connectivity index (χ0) is 11.4. The molecule has 3 atom stereocenters. The molecule has 16 heavy (non-hydrogen) atoms. The van der Waals surface area contributed by atoms with Crippen LogP contribution in [0.3, 0.4) is 0 Å². The summed E-state index contributed by atoms with van der Waals surface area (Å²) in [5.74, 6) is 1.22. The van der Waals surface area contributed by atoms with Crippen molar-refractivity contribution in [3.8, 4) is 0 Å². The van der Waals surface area contributed by atoms with Crippen LogP contribution >= 0.6 is 0 Å². The fraction of sp³-hybridized carbons (Fsp3) is 0.923. The lowest BCUT2D eigenvalue weighted by molar-refractivity contribution is -0.119. The fourth-order valence-corrected chi connectivity index (χ4v) is 5.08. The van der Waals surface area contributed by atoms with E-state index in [0.29, 0.717) is 30.5 Å². The average Bonchev–Trinajstić information content (AvgIpc) is 2.86. The van der Waals surface area contributed by atoms with Crippen LogP contribution in [0.5, 0.6) is 0 Å². The molecule has 0 aliphatic heterocycles. The van der Waals surface area contributed by atoms with E-state index in [4.69, 9.17) is 0 Å². The minimum Gasteiger partial charge on any atom is -0.396 e. The van der Waals surface area contributed by atoms with Crippen LogP contribution in [0.25, 0.3) is 0 Å². The number of hydrogen-bond donors (Lipinski definition) is 2. The molecule has 0 aromatic rings. The highest BCUT2D eigenvalue weighted by Crippen LogP contribution is 2.69. The molecule has 3 aliphatic carbocycles. The Hall–Kier alpha value is -0.410. The van der Waals surface area contributed by atoms with Gasteiger partial charge < -0.3 is 10.2 Å². The van der Waals surface area contributed by atoms with E-state index in [-0.39, 0.29) is 24.0 Å². The van der Waals surface area contributed by atoms with E-state index in [0.717, 1.165) is 25.7 Å². The zero-order valence-electron chi connectivity index (χ0n) is 9.61. The molecule has 1 spiro atoms. The maximum absolute atomic E-state index is 11.7. The van der Waals surface area contributed by atoms with Gasteiger partial charge in [0.05, 0.1) is 13.2 Å². The van der Waals surface area contributed by atoms with Crippen molar-refractivity contribution >= 4 is 5.78 Å². The molecular formula is C13H20O3. The molecule has 0 aromatic carbocycles. The standard InChI is InChI=1S/C13H20O3/c14-7-12(8-15)5-9-4-10(16)6-13(9)3-1-2-11(12)13/h9,11,14-15H,1-8H2/t9?,11-,13-/m0/s1. The summed E-state index contributed by atoms with van der Waals surface area (Å²) in [5.41, 5.74) is -0.135. The maximum atomic E-state index is 11.7. The summed E-state index contributed by atoms with van der Waals surface area (Å²) in [6.07, 6.45) is 5.65. The Kier molecular flexibility index (Phi) is 2.21. The third-order valence-corrected chi connectivity index (χ3v) is 5.66. The number of Topliss-reactive ketones (excluding diaryl/α,β-unsaturated/α-hetero) is 1. The summed E-state index contributed by atoms with van der Waals surface area (Å²) in [6, 6.07) is 0. The van der Waals surface area contributed by atoms with Crippen molar-refractivity contribution in [2.75, 3.05) is 13.2 Å². The SMILES string of the molecule is O=C1CC2CC(CO)(CO)[C@@H]3CCC[C@]23C1. The minimum atomic E-state index is -0.290. The van der Waals surface area contributed by atoms with E-state index in [1.165, 1.54) is 0 Å². The Morgan fingerprint density at radius 1 is 1.31 bits per heavy atom. The number of hydrogen-bond acceptors (Lipinski definition) is 3. The van der Waals surface area contributed by atoms with Gasteiger partial charge in [-0.05, 0) is 36.5 Å². The first-order valence-corrected chi connectivity index (χ1v) is 6.40. The second kappa shape index (κ2) is 3.30. The summed E-state index contributed by atoms with van der Waals surface area (Å²) in [4.78, 5) is 11.7. The van der Waals surface area contributed by atoms with Crippen molar-refractivity contribution in [1.29, 1.82) is 0 Å². The van der Waals surface area contributed by atoms with Crippen LogP contribution in [0.4, 0.5) is 0 Å². The van der Waals surface area contributed by atoms with Gasteiger partial charge in [0.1, 0.15) is 5.78 Å². The Bertz CT molecular complexity index is 321. The van der Waals surface area contributed by atoms with Crippen molar-refractivity contribution in [3.05, 3.63) is 0 Å². The van der Waals surface area contributed by atoms with Crippen LogP contribution < -0.4 is 0 Å². The summed E-state index contributed by atoms with van der Waals surface area (Å²) < 4.78 is 0. The Morgan fingerprint density at radius 3 is 2.75 bits per heavy atom. The van der Waals surface area contributed by atoms with Gasteiger partial charge in [-0.3, -0.25) is 4.79 Å². The van der Waals surface area contributed by atoms with Crippen LogP contribution in [0.1, 0.15) is 38.5 Å². The van der Waals surface area contributed by atoms with Crippen LogP contribution in [0.2, 0.25) is 0 Å². The maximum Gasteiger partial charge on any atom is 0.133 e. The van der Waals surface area contributed by atoms with Gasteiger partial charge in [-0.25, -0.2) is 0 Å². The van der Waals surface area contributed by atoms with E-state index in [1.54, 1.807) is 0 Å². The lowest BCUT2D eigenvalue weighted by Crippen LogP contribution is -2.37. The second-order valence-corrected chi connectivity index (χ2v) is 6.18. The molecule has 0 heterocycles. The number of aliphatic hydroxyl groups excluding tert-OH is 2. The lowest BCUT2D eigenvalue weighted by Gasteiger charge is -2.36. The molecule has 3 aliphatic rings. The number of aliphatic hydroxyl groups is 2. The first-order valence-electron chi connectivity index (χ1n) is 6.40. The summed E-state index contributed by atoms with van der Waals surface area (Å²) in [7, 11) is 0. The van der Waals surface area contributed by atoms with E-state index in [1.807, 2.05) is 0 Å². The predicted octanol–water partition coefficient (Wildman–Crippen LogP) is 1.13. The van der Waals surface area contributed by atoms with Crippen molar-refractivity contribution < 1.29 is 15.0 Å². The van der Waals surface area contributed by atoms with Gasteiger partial charge in [-0.2, -0.15) is 0 Å². The average molecular weight is 224 g/mol. The molecule has 2 N–H and O–H groups in total. The molecule has 0 aromatic heterocycles. The van der Waals surface area contributed by atoms with Gasteiger partial charge in [0.15, 0.2) is 0 Å². The largest absolute Gasteiger partial charge is 0.396 e. The zero-order valence-corrected chi connectivity index (χ0v) is 9.61. The van der Waals surface area contributed by atoms with Crippen LogP contribution in [0.15, 0.2) is 0 Å². The third-order valence-electron chi connectivity index (χ3n) is 5.66. The Labute approximate surface area is 95.9 Å². The van der Waals surface area contributed by atoms with Gasteiger partial charge in [0.2, 0.25) is 0 Å². The van der Waals surface area contributed by atoms with Gasteiger partial charge in [-0.15, -0.1) is 0 Å². The molecule has 3 heteroatoms. The molecule has 90 valence electrons. The number of carbonyl (C=O) groups excluding carboxylic acids is 1. The number of ketones is 1. The summed E-state index contributed by atoms with van der Waals surface area (Å²) in [6.45, 7) is 0.168.